The predicted octanol–water partition coefficient (Wildman–Crippen LogP) is 4.80. The zero-order valence-electron chi connectivity index (χ0n) is 11.9. The van der Waals surface area contributed by atoms with Gasteiger partial charge in [0.25, 0.3) is 5.91 Å². The van der Waals surface area contributed by atoms with Crippen molar-refractivity contribution in [1.82, 2.24) is 0 Å². The molecule has 0 aromatic heterocycles. The van der Waals surface area contributed by atoms with Crippen LogP contribution in [0, 0.1) is 3.57 Å². The van der Waals surface area contributed by atoms with E-state index in [9.17, 15) is 4.79 Å². The van der Waals surface area contributed by atoms with Crippen molar-refractivity contribution in [3.05, 3.63) is 74.9 Å². The Hall–Kier alpha value is -1.88. The van der Waals surface area contributed by atoms with Gasteiger partial charge in [-0.25, -0.2) is 0 Å². The fourth-order valence-electron chi connectivity index (χ4n) is 3.21. The van der Waals surface area contributed by atoms with Gasteiger partial charge in [0.1, 0.15) is 0 Å². The lowest BCUT2D eigenvalue weighted by molar-refractivity contribution is 0.102. The third-order valence-electron chi connectivity index (χ3n) is 4.20. The third kappa shape index (κ3) is 2.29. The second-order valence-corrected chi connectivity index (χ2v) is 6.82. The van der Waals surface area contributed by atoms with Gasteiger partial charge in [-0.05, 0) is 81.6 Å². The molecule has 0 spiro atoms. The van der Waals surface area contributed by atoms with E-state index in [1.807, 2.05) is 30.3 Å². The molecule has 0 fully saturated rings. The van der Waals surface area contributed by atoms with Crippen molar-refractivity contribution >= 4 is 45.0 Å². The van der Waals surface area contributed by atoms with Crippen molar-refractivity contribution in [3.63, 3.8) is 0 Å². The lowest BCUT2D eigenvalue weighted by atomic mass is 9.99. The van der Waals surface area contributed by atoms with E-state index in [-0.39, 0.29) is 5.91 Å². The highest BCUT2D eigenvalue weighted by Crippen LogP contribution is 2.33. The second kappa shape index (κ2) is 5.39. The summed E-state index contributed by atoms with van der Waals surface area (Å²) < 4.78 is 1.11. The van der Waals surface area contributed by atoms with Gasteiger partial charge in [-0.15, -0.1) is 0 Å². The molecule has 0 radical (unpaired) electrons. The van der Waals surface area contributed by atoms with Crippen LogP contribution in [-0.4, -0.2) is 5.91 Å². The van der Waals surface area contributed by atoms with Crippen LogP contribution < -0.4 is 5.32 Å². The van der Waals surface area contributed by atoms with Gasteiger partial charge >= 0.3 is 0 Å². The average Bonchev–Trinajstić information content (AvgIpc) is 2.93. The molecule has 4 rings (SSSR count). The molecule has 0 bridgehead atoms. The Labute approximate surface area is 142 Å². The highest BCUT2D eigenvalue weighted by molar-refractivity contribution is 14.1. The maximum atomic E-state index is 12.7. The predicted molar refractivity (Wildman–Crippen MR) is 98.5 cm³/mol. The molecule has 0 aliphatic heterocycles. The van der Waals surface area contributed by atoms with E-state index in [1.54, 1.807) is 0 Å². The van der Waals surface area contributed by atoms with Gasteiger partial charge in [-0.1, -0.05) is 30.3 Å². The van der Waals surface area contributed by atoms with Crippen LogP contribution in [-0.2, 0) is 12.8 Å². The van der Waals surface area contributed by atoms with Gasteiger partial charge < -0.3 is 5.32 Å². The van der Waals surface area contributed by atoms with E-state index in [4.69, 9.17) is 0 Å². The molecular weight excluding hydrogens is 385 g/mol. The van der Waals surface area contributed by atoms with E-state index in [0.29, 0.717) is 0 Å². The summed E-state index contributed by atoms with van der Waals surface area (Å²) in [6, 6.07) is 18.2. The van der Waals surface area contributed by atoms with Gasteiger partial charge in [-0.2, -0.15) is 0 Å². The first-order valence-corrected chi connectivity index (χ1v) is 8.41. The van der Waals surface area contributed by atoms with Gasteiger partial charge in [0.05, 0.1) is 0 Å². The number of hydrogen-bond donors (Lipinski definition) is 1. The molecule has 0 saturated heterocycles. The Morgan fingerprint density at radius 1 is 0.955 bits per heavy atom. The third-order valence-corrected chi connectivity index (χ3v) is 4.88. The summed E-state index contributed by atoms with van der Waals surface area (Å²) >= 11 is 2.25. The quantitative estimate of drug-likeness (QED) is 0.617. The smallest absolute Gasteiger partial charge is 0.256 e. The monoisotopic (exact) mass is 399 g/mol. The van der Waals surface area contributed by atoms with Crippen LogP contribution in [0.5, 0.6) is 0 Å². The van der Waals surface area contributed by atoms with Crippen LogP contribution >= 0.6 is 22.6 Å². The lowest BCUT2D eigenvalue weighted by Crippen LogP contribution is -2.12. The van der Waals surface area contributed by atoms with Crippen molar-refractivity contribution in [1.29, 1.82) is 0 Å². The highest BCUT2D eigenvalue weighted by atomic mass is 127. The van der Waals surface area contributed by atoms with Crippen LogP contribution in [0.25, 0.3) is 10.8 Å². The minimum atomic E-state index is -0.0439. The summed E-state index contributed by atoms with van der Waals surface area (Å²) in [6.07, 6.45) is 2.16. The summed E-state index contributed by atoms with van der Waals surface area (Å²) in [5.41, 5.74) is 4.30. The van der Waals surface area contributed by atoms with Crippen molar-refractivity contribution < 1.29 is 4.79 Å². The number of amides is 1. The first kappa shape index (κ1) is 13.8. The number of benzene rings is 3. The number of carbonyl (C=O) groups excluding carboxylic acids is 1. The van der Waals surface area contributed by atoms with Crippen molar-refractivity contribution in [2.75, 3.05) is 5.32 Å². The second-order valence-electron chi connectivity index (χ2n) is 5.58. The van der Waals surface area contributed by atoms with E-state index in [1.165, 1.54) is 16.5 Å². The van der Waals surface area contributed by atoms with E-state index >= 15 is 0 Å². The summed E-state index contributed by atoms with van der Waals surface area (Å²) in [4.78, 5) is 12.7. The Morgan fingerprint density at radius 3 is 2.55 bits per heavy atom. The maximum Gasteiger partial charge on any atom is 0.256 e. The molecule has 1 aliphatic rings. The number of carbonyl (C=O) groups is 1. The van der Waals surface area contributed by atoms with Crippen molar-refractivity contribution in [3.8, 4) is 0 Å². The Bertz CT molecular complexity index is 891. The van der Waals surface area contributed by atoms with E-state index in [0.717, 1.165) is 33.0 Å². The highest BCUT2D eigenvalue weighted by Gasteiger charge is 2.18. The number of anilines is 1. The summed E-state index contributed by atoms with van der Waals surface area (Å²) in [6.45, 7) is 0. The summed E-state index contributed by atoms with van der Waals surface area (Å²) in [5.74, 6) is -0.0439. The molecule has 0 saturated carbocycles. The molecule has 0 atom stereocenters. The van der Waals surface area contributed by atoms with E-state index < -0.39 is 0 Å². The Morgan fingerprint density at radius 2 is 1.73 bits per heavy atom. The zero-order valence-corrected chi connectivity index (χ0v) is 14.1. The van der Waals surface area contributed by atoms with Crippen LogP contribution in [0.1, 0.15) is 21.5 Å². The number of hydrogen-bond acceptors (Lipinski definition) is 1. The molecule has 3 aromatic carbocycles. The molecule has 1 amide bonds. The SMILES string of the molecule is O=C(Nc1cccc(I)c1)c1ccc2c3c(cccc13)CC2. The summed E-state index contributed by atoms with van der Waals surface area (Å²) in [5, 5.41) is 5.35. The Kier molecular flexibility index (Phi) is 3.37. The molecule has 0 unspecified atom stereocenters. The Balaban J connectivity index is 1.77. The molecule has 22 heavy (non-hydrogen) atoms. The molecule has 0 heterocycles. The topological polar surface area (TPSA) is 29.1 Å². The fourth-order valence-corrected chi connectivity index (χ4v) is 3.75. The van der Waals surface area contributed by atoms with E-state index in [2.05, 4.69) is 52.2 Å². The molecule has 3 aromatic rings. The standard InChI is InChI=1S/C19H14INO/c20-14-4-2-5-15(11-14)21-19(22)17-10-9-13-8-7-12-3-1-6-16(17)18(12)13/h1-6,9-11H,7-8H2,(H,21,22). The van der Waals surface area contributed by atoms with Crippen molar-refractivity contribution in [2.45, 2.75) is 12.8 Å². The first-order chi connectivity index (χ1) is 10.7. The molecule has 1 N–H and O–H groups in total. The zero-order chi connectivity index (χ0) is 15.1. The van der Waals surface area contributed by atoms with Crippen LogP contribution in [0.3, 0.4) is 0 Å². The van der Waals surface area contributed by atoms with Crippen molar-refractivity contribution in [2.24, 2.45) is 0 Å². The molecular formula is C19H14INO. The van der Waals surface area contributed by atoms with Gasteiger partial charge in [0, 0.05) is 14.8 Å². The van der Waals surface area contributed by atoms with Crippen LogP contribution in [0.4, 0.5) is 5.69 Å². The minimum Gasteiger partial charge on any atom is -0.322 e. The number of aryl methyl sites for hydroxylation is 2. The van der Waals surface area contributed by atoms with Gasteiger partial charge in [0.15, 0.2) is 0 Å². The van der Waals surface area contributed by atoms with Crippen LogP contribution in [0.15, 0.2) is 54.6 Å². The number of rotatable bonds is 2. The molecule has 108 valence electrons. The fraction of sp³-hybridized carbons (Fsp3) is 0.105. The maximum absolute atomic E-state index is 12.7. The molecule has 3 heteroatoms. The van der Waals surface area contributed by atoms with Gasteiger partial charge in [-0.3, -0.25) is 4.79 Å². The number of halogens is 1. The minimum absolute atomic E-state index is 0.0439. The largest absolute Gasteiger partial charge is 0.322 e. The molecule has 2 nitrogen and oxygen atoms in total. The summed E-state index contributed by atoms with van der Waals surface area (Å²) in [7, 11) is 0. The molecule has 1 aliphatic carbocycles. The number of nitrogens with one attached hydrogen (secondary N) is 1. The first-order valence-electron chi connectivity index (χ1n) is 7.33. The normalized spacial score (nSPS) is 12.6. The lowest BCUT2D eigenvalue weighted by Gasteiger charge is -2.10. The van der Waals surface area contributed by atoms with Crippen LogP contribution in [0.2, 0.25) is 0 Å². The van der Waals surface area contributed by atoms with Gasteiger partial charge in [0.2, 0.25) is 0 Å². The average molecular weight is 399 g/mol.